The van der Waals surface area contributed by atoms with Gasteiger partial charge in [-0.1, -0.05) is 27.7 Å². The molecule has 1 rings (SSSR count). The van der Waals surface area contributed by atoms with Crippen LogP contribution in [0.4, 0.5) is 0 Å². The molecule has 0 aliphatic rings. The van der Waals surface area contributed by atoms with E-state index < -0.39 is 27.0 Å². The summed E-state index contributed by atoms with van der Waals surface area (Å²) in [5, 5.41) is 0. The van der Waals surface area contributed by atoms with E-state index in [4.69, 9.17) is 9.47 Å². The van der Waals surface area contributed by atoms with Crippen LogP contribution in [0.5, 0.6) is 0 Å². The fraction of sp³-hybridized carbons (Fsp3) is 0.500. The molecule has 0 amide bonds. The number of carbonyl (C=O) groups is 2. The van der Waals surface area contributed by atoms with E-state index in [2.05, 4.69) is 0 Å². The molecule has 0 aliphatic heterocycles. The summed E-state index contributed by atoms with van der Waals surface area (Å²) in [6.07, 6.45) is 0. The predicted octanol–water partition coefficient (Wildman–Crippen LogP) is 1.91. The summed E-state index contributed by atoms with van der Waals surface area (Å²) in [6, 6.07) is 3.28. The van der Waals surface area contributed by atoms with Gasteiger partial charge in [0.2, 0.25) is 0 Å². The summed E-state index contributed by atoms with van der Waals surface area (Å²) < 4.78 is 42.4. The monoisotopic (exact) mass is 366 g/mol. The van der Waals surface area contributed by atoms with Gasteiger partial charge in [-0.3, -0.25) is 4.55 Å². The van der Waals surface area contributed by atoms with Gasteiger partial charge in [0, 0.05) is 0 Å². The topological polar surface area (TPSA) is 107 Å². The molecule has 7 nitrogen and oxygen atoms in total. The van der Waals surface area contributed by atoms with Crippen LogP contribution in [0.3, 0.4) is 0 Å². The summed E-state index contributed by atoms with van der Waals surface area (Å²) in [6.45, 7) is 7.62. The zero-order valence-electron chi connectivity index (χ0n) is 14.1. The summed E-state index contributed by atoms with van der Waals surface area (Å²) in [4.78, 5) is 23.2. The van der Waals surface area contributed by atoms with E-state index in [0.717, 1.165) is 12.1 Å². The first-order valence-electron chi connectivity index (χ1n) is 7.48. The van der Waals surface area contributed by atoms with Crippen LogP contribution >= 0.6 is 0 Å². The second-order valence-corrected chi connectivity index (χ2v) is 7.56. The number of hydrogen-bond donors (Lipinski definition) is 1. The third kappa shape index (κ3) is 7.61. The Morgan fingerprint density at radius 3 is 1.92 bits per heavy atom. The molecule has 0 atom stereocenters. The molecule has 1 aromatic carbocycles. The number of benzene rings is 1. The third-order valence-corrected chi connectivity index (χ3v) is 3.70. The van der Waals surface area contributed by atoms with E-state index in [9.17, 15) is 22.6 Å². The average molecular weight is 366 g/mol. The van der Waals surface area contributed by atoms with Crippen LogP contribution in [0.25, 0.3) is 0 Å². The van der Waals surface area contributed by atoms with Gasteiger partial charge in [0.15, 0.2) is 0 Å². The molecule has 1 aromatic rings. The van der Waals surface area contributed by atoms with Crippen LogP contribution in [-0.4, -0.2) is 57.0 Å². The first kappa shape index (κ1) is 23.7. The van der Waals surface area contributed by atoms with E-state index in [1.54, 1.807) is 0 Å². The molecular weight excluding hydrogens is 343 g/mol. The second-order valence-electron chi connectivity index (χ2n) is 6.17. The Balaban J connectivity index is 0.00000576. The van der Waals surface area contributed by atoms with Crippen LogP contribution in [0.1, 0.15) is 48.4 Å². The minimum atomic E-state index is -4.71. The van der Waals surface area contributed by atoms with Crippen molar-refractivity contribution in [2.75, 3.05) is 13.2 Å². The van der Waals surface area contributed by atoms with Gasteiger partial charge >= 0.3 is 30.8 Å². The molecule has 0 aliphatic carbocycles. The van der Waals surface area contributed by atoms with Crippen LogP contribution in [0.2, 0.25) is 0 Å². The van der Waals surface area contributed by atoms with Gasteiger partial charge in [-0.25, -0.2) is 9.59 Å². The molecule has 0 fully saturated rings. The molecule has 0 radical (unpaired) electrons. The fourth-order valence-electron chi connectivity index (χ4n) is 1.68. The van der Waals surface area contributed by atoms with E-state index in [-0.39, 0.29) is 55.0 Å². The Hall–Kier alpha value is -1.33. The van der Waals surface area contributed by atoms with Crippen LogP contribution in [0.15, 0.2) is 23.1 Å². The fourth-order valence-corrected chi connectivity index (χ4v) is 2.38. The Morgan fingerprint density at radius 2 is 1.48 bits per heavy atom. The standard InChI is InChI=1S/C16H22O7S.Li.H/c1-10(2)8-22-15(17)12-5-6-13(14(7-12)24(19,20)21)16(18)23-9-11(3)4;;/h5-7,10-11H,8-9H2,1-4H3,(H,19,20,21);;. The molecule has 0 aromatic heterocycles. The van der Waals surface area contributed by atoms with Crippen molar-refractivity contribution in [1.82, 2.24) is 0 Å². The summed E-state index contributed by atoms with van der Waals surface area (Å²) in [5.41, 5.74) is -0.415. The second kappa shape index (κ2) is 9.97. The maximum atomic E-state index is 12.0. The molecule has 0 heterocycles. The number of rotatable bonds is 7. The maximum absolute atomic E-state index is 12.0. The molecule has 0 spiro atoms. The number of hydrogen-bond acceptors (Lipinski definition) is 6. The van der Waals surface area contributed by atoms with Gasteiger partial charge < -0.3 is 9.47 Å². The first-order chi connectivity index (χ1) is 11.0. The molecule has 136 valence electrons. The summed E-state index contributed by atoms with van der Waals surface area (Å²) in [7, 11) is -4.71. The molecule has 1 N–H and O–H groups in total. The predicted molar refractivity (Wildman–Crippen MR) is 93.6 cm³/mol. The summed E-state index contributed by atoms with van der Waals surface area (Å²) in [5.74, 6) is -1.46. The van der Waals surface area contributed by atoms with E-state index in [0.29, 0.717) is 0 Å². The van der Waals surface area contributed by atoms with Crippen molar-refractivity contribution >= 4 is 40.9 Å². The Morgan fingerprint density at radius 1 is 1.00 bits per heavy atom. The van der Waals surface area contributed by atoms with E-state index in [1.807, 2.05) is 27.7 Å². The van der Waals surface area contributed by atoms with Crippen LogP contribution in [0, 0.1) is 11.8 Å². The quantitative estimate of drug-likeness (QED) is 0.446. The normalized spacial score (nSPS) is 11.2. The van der Waals surface area contributed by atoms with Gasteiger partial charge in [-0.2, -0.15) is 8.42 Å². The van der Waals surface area contributed by atoms with Crippen molar-refractivity contribution in [2.45, 2.75) is 32.6 Å². The van der Waals surface area contributed by atoms with Crippen molar-refractivity contribution in [2.24, 2.45) is 11.8 Å². The van der Waals surface area contributed by atoms with Gasteiger partial charge in [0.25, 0.3) is 10.1 Å². The SMILES string of the molecule is CC(C)COC(=O)c1ccc(C(=O)OCC(C)C)c(S(=O)(=O)O)c1.[LiH]. The zero-order chi connectivity index (χ0) is 18.5. The van der Waals surface area contributed by atoms with Gasteiger partial charge in [-0.15, -0.1) is 0 Å². The Bertz CT molecular complexity index is 711. The van der Waals surface area contributed by atoms with Gasteiger partial charge in [0.05, 0.1) is 24.3 Å². The minimum absolute atomic E-state index is 0. The molecule has 0 saturated heterocycles. The zero-order valence-corrected chi connectivity index (χ0v) is 14.9. The molecule has 0 saturated carbocycles. The van der Waals surface area contributed by atoms with E-state index in [1.165, 1.54) is 6.07 Å². The van der Waals surface area contributed by atoms with Crippen LogP contribution < -0.4 is 0 Å². The van der Waals surface area contributed by atoms with Crippen molar-refractivity contribution in [3.05, 3.63) is 29.3 Å². The van der Waals surface area contributed by atoms with E-state index >= 15 is 0 Å². The summed E-state index contributed by atoms with van der Waals surface area (Å²) >= 11 is 0. The molecule has 0 bridgehead atoms. The van der Waals surface area contributed by atoms with Crippen molar-refractivity contribution in [1.29, 1.82) is 0 Å². The van der Waals surface area contributed by atoms with Gasteiger partial charge in [-0.05, 0) is 30.0 Å². The van der Waals surface area contributed by atoms with Crippen molar-refractivity contribution < 1.29 is 32.0 Å². The molecule has 25 heavy (non-hydrogen) atoms. The van der Waals surface area contributed by atoms with Gasteiger partial charge in [0.1, 0.15) is 4.90 Å². The number of ether oxygens (including phenoxy) is 2. The Labute approximate surface area is 160 Å². The van der Waals surface area contributed by atoms with Crippen molar-refractivity contribution in [3.8, 4) is 0 Å². The number of carbonyl (C=O) groups excluding carboxylic acids is 2. The molecular formula is C16H23LiO7S. The third-order valence-electron chi connectivity index (χ3n) is 2.81. The number of esters is 2. The Kier molecular flexibility index (Phi) is 9.44. The first-order valence-corrected chi connectivity index (χ1v) is 8.92. The molecule has 0 unspecified atom stereocenters. The average Bonchev–Trinajstić information content (AvgIpc) is 2.48. The molecule has 9 heteroatoms. The van der Waals surface area contributed by atoms with Crippen LogP contribution in [-0.2, 0) is 19.6 Å². The van der Waals surface area contributed by atoms with Crippen molar-refractivity contribution in [3.63, 3.8) is 0 Å².